The first-order chi connectivity index (χ1) is 14.7. The Balaban J connectivity index is 1.53. The summed E-state index contributed by atoms with van der Waals surface area (Å²) in [7, 11) is 0. The van der Waals surface area contributed by atoms with E-state index in [-0.39, 0.29) is 23.8 Å². The van der Waals surface area contributed by atoms with Gasteiger partial charge in [0.05, 0.1) is 4.47 Å². The second kappa shape index (κ2) is 10.3. The molecule has 6 heteroatoms. The van der Waals surface area contributed by atoms with Gasteiger partial charge in [-0.05, 0) is 76.1 Å². The van der Waals surface area contributed by atoms with Gasteiger partial charge in [0, 0.05) is 24.3 Å². The zero-order chi connectivity index (χ0) is 22.4. The van der Waals surface area contributed by atoms with Gasteiger partial charge in [-0.2, -0.15) is 0 Å². The second-order valence-corrected chi connectivity index (χ2v) is 9.87. The number of nitrogens with one attached hydrogen (secondary N) is 1. The van der Waals surface area contributed by atoms with E-state index in [4.69, 9.17) is 4.74 Å². The molecule has 0 atom stereocenters. The van der Waals surface area contributed by atoms with Gasteiger partial charge in [0.2, 0.25) is 0 Å². The Hall–Kier alpha value is -2.34. The molecule has 1 fully saturated rings. The summed E-state index contributed by atoms with van der Waals surface area (Å²) in [6.45, 7) is 7.99. The molecule has 5 nitrogen and oxygen atoms in total. The van der Waals surface area contributed by atoms with Crippen molar-refractivity contribution in [3.8, 4) is 5.75 Å². The molecule has 2 amide bonds. The molecule has 0 unspecified atom stereocenters. The van der Waals surface area contributed by atoms with Gasteiger partial charge in [-0.15, -0.1) is 0 Å². The third-order valence-electron chi connectivity index (χ3n) is 5.47. The largest absolute Gasteiger partial charge is 0.483 e. The van der Waals surface area contributed by atoms with Crippen molar-refractivity contribution in [1.82, 2.24) is 4.90 Å². The van der Waals surface area contributed by atoms with E-state index in [2.05, 4.69) is 42.0 Å². The molecular weight excluding hydrogens is 456 g/mol. The number of halogens is 1. The normalized spacial score (nSPS) is 14.6. The number of amides is 2. The summed E-state index contributed by atoms with van der Waals surface area (Å²) in [5.41, 5.74) is 2.52. The number of likely N-dealkylation sites (tertiary alicyclic amines) is 1. The lowest BCUT2D eigenvalue weighted by atomic mass is 9.87. The first-order valence-corrected chi connectivity index (χ1v) is 11.7. The molecule has 31 heavy (non-hydrogen) atoms. The van der Waals surface area contributed by atoms with Crippen molar-refractivity contribution < 1.29 is 14.3 Å². The van der Waals surface area contributed by atoms with E-state index < -0.39 is 0 Å². The third kappa shape index (κ3) is 6.57. The van der Waals surface area contributed by atoms with Crippen LogP contribution in [0.25, 0.3) is 0 Å². The van der Waals surface area contributed by atoms with E-state index in [9.17, 15) is 9.59 Å². The highest BCUT2D eigenvalue weighted by atomic mass is 79.9. The maximum Gasteiger partial charge on any atom is 0.262 e. The predicted molar refractivity (Wildman–Crippen MR) is 128 cm³/mol. The van der Waals surface area contributed by atoms with Crippen LogP contribution in [0, 0.1) is 0 Å². The average molecular weight is 487 g/mol. The fourth-order valence-corrected chi connectivity index (χ4v) is 4.07. The number of anilines is 1. The topological polar surface area (TPSA) is 58.6 Å². The van der Waals surface area contributed by atoms with E-state index in [0.29, 0.717) is 17.0 Å². The van der Waals surface area contributed by atoms with Gasteiger partial charge in [0.15, 0.2) is 6.61 Å². The Bertz CT molecular complexity index is 911. The van der Waals surface area contributed by atoms with Crippen molar-refractivity contribution in [3.63, 3.8) is 0 Å². The Kier molecular flexibility index (Phi) is 7.76. The number of ether oxygens (including phenoxy) is 1. The lowest BCUT2D eigenvalue weighted by Gasteiger charge is -2.20. The number of rotatable bonds is 5. The first-order valence-electron chi connectivity index (χ1n) is 10.9. The smallest absolute Gasteiger partial charge is 0.262 e. The molecule has 0 bridgehead atoms. The van der Waals surface area contributed by atoms with Crippen LogP contribution in [0.3, 0.4) is 0 Å². The number of hydrogen-bond acceptors (Lipinski definition) is 3. The van der Waals surface area contributed by atoms with Gasteiger partial charge >= 0.3 is 0 Å². The zero-order valence-corrected chi connectivity index (χ0v) is 20.1. The molecule has 1 aliphatic rings. The molecule has 3 rings (SSSR count). The van der Waals surface area contributed by atoms with Crippen molar-refractivity contribution in [2.75, 3.05) is 25.0 Å². The molecule has 0 aliphatic carbocycles. The number of benzene rings is 2. The van der Waals surface area contributed by atoms with Crippen LogP contribution in [0.5, 0.6) is 5.75 Å². The lowest BCUT2D eigenvalue weighted by molar-refractivity contribution is -0.118. The van der Waals surface area contributed by atoms with Crippen LogP contribution in [0.15, 0.2) is 46.9 Å². The molecule has 0 saturated carbocycles. The van der Waals surface area contributed by atoms with Crippen molar-refractivity contribution >= 4 is 33.4 Å². The van der Waals surface area contributed by atoms with E-state index in [1.165, 1.54) is 18.4 Å². The number of hydrogen-bond donors (Lipinski definition) is 1. The van der Waals surface area contributed by atoms with Crippen molar-refractivity contribution in [2.45, 2.75) is 51.9 Å². The average Bonchev–Trinajstić information content (AvgIpc) is 3.02. The summed E-state index contributed by atoms with van der Waals surface area (Å²) >= 11 is 3.52. The summed E-state index contributed by atoms with van der Waals surface area (Å²) in [6, 6.07) is 13.0. The van der Waals surface area contributed by atoms with Crippen molar-refractivity contribution in [2.24, 2.45) is 0 Å². The fraction of sp³-hybridized carbons (Fsp3) is 0.440. The minimum Gasteiger partial charge on any atom is -0.483 e. The Morgan fingerprint density at radius 3 is 2.23 bits per heavy atom. The summed E-state index contributed by atoms with van der Waals surface area (Å²) in [6.07, 6.45) is 4.51. The van der Waals surface area contributed by atoms with Crippen LogP contribution in [-0.4, -0.2) is 36.4 Å². The van der Waals surface area contributed by atoms with Gasteiger partial charge in [-0.1, -0.05) is 39.7 Å². The number of carbonyl (C=O) groups excluding carboxylic acids is 2. The van der Waals surface area contributed by atoms with Crippen LogP contribution in [0.4, 0.5) is 5.69 Å². The van der Waals surface area contributed by atoms with Crippen molar-refractivity contribution in [1.29, 1.82) is 0 Å². The van der Waals surface area contributed by atoms with E-state index in [1.54, 1.807) is 24.3 Å². The molecule has 166 valence electrons. The monoisotopic (exact) mass is 486 g/mol. The first kappa shape index (κ1) is 23.3. The van der Waals surface area contributed by atoms with Crippen LogP contribution in [0.2, 0.25) is 0 Å². The molecule has 1 heterocycles. The third-order valence-corrected chi connectivity index (χ3v) is 6.09. The minimum absolute atomic E-state index is 0.0409. The van der Waals surface area contributed by atoms with Crippen LogP contribution >= 0.6 is 15.9 Å². The maximum atomic E-state index is 12.7. The number of nitrogens with zero attached hydrogens (tertiary/aromatic N) is 1. The highest BCUT2D eigenvalue weighted by molar-refractivity contribution is 9.10. The van der Waals surface area contributed by atoms with Gasteiger partial charge < -0.3 is 15.0 Å². The SMILES string of the molecule is CC(C)(C)c1ccc(OCC(=O)Nc2ccc(C(=O)N3CCCCCC3)cc2)c(Br)c1. The van der Waals surface area contributed by atoms with Gasteiger partial charge in [0.25, 0.3) is 11.8 Å². The second-order valence-electron chi connectivity index (χ2n) is 9.02. The molecule has 0 aromatic heterocycles. The molecule has 0 spiro atoms. The molecule has 1 aliphatic heterocycles. The molecule has 1 saturated heterocycles. The Morgan fingerprint density at radius 1 is 1.00 bits per heavy atom. The minimum atomic E-state index is -0.251. The van der Waals surface area contributed by atoms with Crippen molar-refractivity contribution in [3.05, 3.63) is 58.1 Å². The zero-order valence-electron chi connectivity index (χ0n) is 18.5. The van der Waals surface area contributed by atoms with Crippen LogP contribution in [0.1, 0.15) is 62.4 Å². The number of carbonyl (C=O) groups is 2. The Labute approximate surface area is 193 Å². The maximum absolute atomic E-state index is 12.7. The summed E-state index contributed by atoms with van der Waals surface area (Å²) in [5.74, 6) is 0.437. The highest BCUT2D eigenvalue weighted by Crippen LogP contribution is 2.31. The quantitative estimate of drug-likeness (QED) is 0.582. The van der Waals surface area contributed by atoms with E-state index in [0.717, 1.165) is 30.4 Å². The van der Waals surface area contributed by atoms with E-state index >= 15 is 0 Å². The van der Waals surface area contributed by atoms with Gasteiger partial charge in [-0.25, -0.2) is 0 Å². The molecule has 1 N–H and O–H groups in total. The summed E-state index contributed by atoms with van der Waals surface area (Å²) < 4.78 is 6.50. The highest BCUT2D eigenvalue weighted by Gasteiger charge is 2.18. The molecule has 2 aromatic carbocycles. The molecular formula is C25H31BrN2O3. The molecule has 2 aromatic rings. The van der Waals surface area contributed by atoms with Gasteiger partial charge in [0.1, 0.15) is 5.75 Å². The van der Waals surface area contributed by atoms with Gasteiger partial charge in [-0.3, -0.25) is 9.59 Å². The standard InChI is InChI=1S/C25H31BrN2O3/c1-25(2,3)19-10-13-22(21(26)16-19)31-17-23(29)27-20-11-8-18(9-12-20)24(30)28-14-6-4-5-7-15-28/h8-13,16H,4-7,14-15,17H2,1-3H3,(H,27,29). The summed E-state index contributed by atoms with van der Waals surface area (Å²) in [4.78, 5) is 26.9. The lowest BCUT2D eigenvalue weighted by Crippen LogP contribution is -2.31. The molecule has 0 radical (unpaired) electrons. The predicted octanol–water partition coefficient (Wildman–Crippen LogP) is 5.78. The fourth-order valence-electron chi connectivity index (χ4n) is 3.58. The Morgan fingerprint density at radius 2 is 1.65 bits per heavy atom. The van der Waals surface area contributed by atoms with Crippen LogP contribution in [-0.2, 0) is 10.2 Å². The summed E-state index contributed by atoms with van der Waals surface area (Å²) in [5, 5.41) is 2.82. The van der Waals surface area contributed by atoms with E-state index in [1.807, 2.05) is 23.1 Å². The van der Waals surface area contributed by atoms with Crippen LogP contribution < -0.4 is 10.1 Å².